The molecule has 0 radical (unpaired) electrons. The van der Waals surface area contributed by atoms with E-state index < -0.39 is 11.4 Å². The summed E-state index contributed by atoms with van der Waals surface area (Å²) in [5.74, 6) is -0.825. The van der Waals surface area contributed by atoms with Gasteiger partial charge in [-0.25, -0.2) is 13.8 Å². The van der Waals surface area contributed by atoms with Crippen LogP contribution in [0.4, 0.5) is 14.5 Å². The number of halogens is 2. The number of carbonyl (C=O) groups is 1. The molecule has 0 saturated carbocycles. The highest BCUT2D eigenvalue weighted by Crippen LogP contribution is 2.20. The second-order valence-electron chi connectivity index (χ2n) is 5.65. The fourth-order valence-electron chi connectivity index (χ4n) is 2.31. The molecule has 27 heavy (non-hydrogen) atoms. The number of aromatic amines is 1. The average Bonchev–Trinajstić information content (AvgIpc) is 2.62. The summed E-state index contributed by atoms with van der Waals surface area (Å²) in [5, 5.41) is 2.91. The topological polar surface area (TPSA) is 74.8 Å². The zero-order valence-corrected chi connectivity index (χ0v) is 14.9. The fourth-order valence-corrected chi connectivity index (χ4v) is 3.19. The van der Waals surface area contributed by atoms with Gasteiger partial charge in [-0.05, 0) is 35.9 Å². The van der Waals surface area contributed by atoms with E-state index in [0.29, 0.717) is 22.2 Å². The number of benzene rings is 2. The minimum Gasteiger partial charge on any atom is -0.326 e. The van der Waals surface area contributed by atoms with Crippen LogP contribution < -0.4 is 10.9 Å². The van der Waals surface area contributed by atoms with Gasteiger partial charge in [-0.3, -0.25) is 9.59 Å². The van der Waals surface area contributed by atoms with Crippen LogP contribution in [0.25, 0.3) is 0 Å². The fraction of sp³-hybridized carbons (Fsp3) is 0.105. The molecule has 0 unspecified atom stereocenters. The number of hydrogen-bond donors (Lipinski definition) is 2. The van der Waals surface area contributed by atoms with Gasteiger partial charge in [0.15, 0.2) is 5.16 Å². The standard InChI is InChI=1S/C19H15F2N3O2S/c20-13-5-7-14(8-6-13)22-17(25)9-15-10-18(26)24-19(23-15)27-11-12-3-1-2-4-16(12)21/h1-8,10H,9,11H2,(H,22,25)(H,23,24,26). The maximum absolute atomic E-state index is 13.7. The number of thioether (sulfide) groups is 1. The molecular formula is C19H15F2N3O2S. The van der Waals surface area contributed by atoms with Gasteiger partial charge >= 0.3 is 0 Å². The molecule has 0 spiro atoms. The van der Waals surface area contributed by atoms with Crippen molar-refractivity contribution in [1.82, 2.24) is 9.97 Å². The summed E-state index contributed by atoms with van der Waals surface area (Å²) >= 11 is 1.17. The SMILES string of the molecule is O=C(Cc1cc(=O)[nH]c(SCc2ccccc2F)n1)Nc1ccc(F)cc1. The molecule has 3 rings (SSSR count). The molecule has 0 atom stereocenters. The van der Waals surface area contributed by atoms with Crippen molar-refractivity contribution in [3.63, 3.8) is 0 Å². The number of amides is 1. The van der Waals surface area contributed by atoms with E-state index in [9.17, 15) is 18.4 Å². The Hall–Kier alpha value is -3.00. The lowest BCUT2D eigenvalue weighted by Crippen LogP contribution is -2.18. The molecule has 2 aromatic carbocycles. The first-order chi connectivity index (χ1) is 13.0. The Morgan fingerprint density at radius 1 is 1.11 bits per heavy atom. The predicted octanol–water partition coefficient (Wildman–Crippen LogP) is 3.52. The Labute approximate surface area is 157 Å². The summed E-state index contributed by atoms with van der Waals surface area (Å²) in [4.78, 5) is 30.7. The zero-order valence-electron chi connectivity index (χ0n) is 14.0. The summed E-state index contributed by atoms with van der Waals surface area (Å²) in [6.07, 6.45) is -0.117. The molecule has 0 aliphatic heterocycles. The van der Waals surface area contributed by atoms with Crippen LogP contribution in [0.5, 0.6) is 0 Å². The highest BCUT2D eigenvalue weighted by Gasteiger charge is 2.09. The normalized spacial score (nSPS) is 10.6. The molecule has 3 aromatic rings. The highest BCUT2D eigenvalue weighted by molar-refractivity contribution is 7.98. The molecule has 1 aromatic heterocycles. The van der Waals surface area contributed by atoms with Gasteiger partial charge < -0.3 is 10.3 Å². The van der Waals surface area contributed by atoms with Crippen molar-refractivity contribution in [3.05, 3.63) is 87.8 Å². The lowest BCUT2D eigenvalue weighted by Gasteiger charge is -2.06. The lowest BCUT2D eigenvalue weighted by atomic mass is 10.2. The van der Waals surface area contributed by atoms with Crippen LogP contribution >= 0.6 is 11.8 Å². The monoisotopic (exact) mass is 387 g/mol. The van der Waals surface area contributed by atoms with Crippen molar-refractivity contribution in [2.75, 3.05) is 5.32 Å². The molecule has 2 N–H and O–H groups in total. The molecule has 5 nitrogen and oxygen atoms in total. The summed E-state index contributed by atoms with van der Waals surface area (Å²) in [7, 11) is 0. The van der Waals surface area contributed by atoms with Crippen molar-refractivity contribution in [2.24, 2.45) is 0 Å². The largest absolute Gasteiger partial charge is 0.326 e. The first-order valence-electron chi connectivity index (χ1n) is 8.01. The Morgan fingerprint density at radius 3 is 2.59 bits per heavy atom. The Balaban J connectivity index is 1.65. The van der Waals surface area contributed by atoms with E-state index in [4.69, 9.17) is 0 Å². The van der Waals surface area contributed by atoms with Gasteiger partial charge in [0.2, 0.25) is 5.91 Å². The van der Waals surface area contributed by atoms with Gasteiger partial charge in [0, 0.05) is 17.5 Å². The number of nitrogens with one attached hydrogen (secondary N) is 2. The van der Waals surface area contributed by atoms with Crippen molar-refractivity contribution < 1.29 is 13.6 Å². The van der Waals surface area contributed by atoms with E-state index in [-0.39, 0.29) is 23.8 Å². The Bertz CT molecular complexity index is 1010. The van der Waals surface area contributed by atoms with E-state index in [0.717, 1.165) is 0 Å². The van der Waals surface area contributed by atoms with Crippen LogP contribution in [-0.4, -0.2) is 15.9 Å². The number of anilines is 1. The highest BCUT2D eigenvalue weighted by atomic mass is 32.2. The van der Waals surface area contributed by atoms with Crippen LogP contribution in [0.2, 0.25) is 0 Å². The van der Waals surface area contributed by atoms with Crippen LogP contribution in [0, 0.1) is 11.6 Å². The molecule has 1 amide bonds. The zero-order chi connectivity index (χ0) is 19.2. The number of aromatic nitrogens is 2. The lowest BCUT2D eigenvalue weighted by molar-refractivity contribution is -0.115. The third-order valence-electron chi connectivity index (χ3n) is 3.56. The van der Waals surface area contributed by atoms with Gasteiger partial charge in [0.1, 0.15) is 11.6 Å². The van der Waals surface area contributed by atoms with Gasteiger partial charge in [-0.2, -0.15) is 0 Å². The van der Waals surface area contributed by atoms with Crippen LogP contribution in [0.15, 0.2) is 64.5 Å². The van der Waals surface area contributed by atoms with Gasteiger partial charge in [-0.15, -0.1) is 0 Å². The van der Waals surface area contributed by atoms with Crippen molar-refractivity contribution in [1.29, 1.82) is 0 Å². The number of carbonyl (C=O) groups excluding carboxylic acids is 1. The van der Waals surface area contributed by atoms with Crippen molar-refractivity contribution in [2.45, 2.75) is 17.3 Å². The molecule has 8 heteroatoms. The van der Waals surface area contributed by atoms with Crippen molar-refractivity contribution in [3.8, 4) is 0 Å². The third-order valence-corrected chi connectivity index (χ3v) is 4.49. The minimum atomic E-state index is -0.402. The molecular weight excluding hydrogens is 372 g/mol. The second-order valence-corrected chi connectivity index (χ2v) is 6.62. The summed E-state index contributed by atoms with van der Waals surface area (Å²) in [5.41, 5.74) is 0.824. The number of H-pyrrole nitrogens is 1. The third kappa shape index (κ3) is 5.49. The van der Waals surface area contributed by atoms with Crippen LogP contribution in [0.1, 0.15) is 11.3 Å². The van der Waals surface area contributed by atoms with E-state index in [1.54, 1.807) is 18.2 Å². The molecule has 0 bridgehead atoms. The van der Waals surface area contributed by atoms with E-state index in [1.165, 1.54) is 48.2 Å². The summed E-state index contributed by atoms with van der Waals surface area (Å²) in [6, 6.07) is 12.9. The Kier molecular flexibility index (Phi) is 5.97. The Morgan fingerprint density at radius 2 is 1.85 bits per heavy atom. The predicted molar refractivity (Wildman–Crippen MR) is 99.6 cm³/mol. The minimum absolute atomic E-state index is 0.117. The molecule has 0 aliphatic carbocycles. The smallest absolute Gasteiger partial charge is 0.251 e. The quantitative estimate of drug-likeness (QED) is 0.501. The van der Waals surface area contributed by atoms with E-state index in [2.05, 4.69) is 15.3 Å². The molecule has 1 heterocycles. The number of nitrogens with zero attached hydrogens (tertiary/aromatic N) is 1. The van der Waals surface area contributed by atoms with Crippen LogP contribution in [0.3, 0.4) is 0 Å². The molecule has 138 valence electrons. The first-order valence-corrected chi connectivity index (χ1v) is 9.00. The van der Waals surface area contributed by atoms with Gasteiger partial charge in [0.05, 0.1) is 12.1 Å². The van der Waals surface area contributed by atoms with Crippen molar-refractivity contribution >= 4 is 23.4 Å². The first kappa shape index (κ1) is 18.8. The molecule has 0 aliphatic rings. The molecule has 0 saturated heterocycles. The average molecular weight is 387 g/mol. The van der Waals surface area contributed by atoms with Crippen LogP contribution in [-0.2, 0) is 17.0 Å². The molecule has 0 fully saturated rings. The second kappa shape index (κ2) is 8.59. The number of rotatable bonds is 6. The van der Waals surface area contributed by atoms with E-state index >= 15 is 0 Å². The number of hydrogen-bond acceptors (Lipinski definition) is 4. The maximum atomic E-state index is 13.7. The van der Waals surface area contributed by atoms with E-state index in [1.807, 2.05) is 0 Å². The van der Waals surface area contributed by atoms with Gasteiger partial charge in [0.25, 0.3) is 5.56 Å². The summed E-state index contributed by atoms with van der Waals surface area (Å²) < 4.78 is 26.6. The van der Waals surface area contributed by atoms with Gasteiger partial charge in [-0.1, -0.05) is 30.0 Å². The summed E-state index contributed by atoms with van der Waals surface area (Å²) in [6.45, 7) is 0. The maximum Gasteiger partial charge on any atom is 0.251 e.